The van der Waals surface area contributed by atoms with E-state index in [9.17, 15) is 22.8 Å². The van der Waals surface area contributed by atoms with E-state index in [1.165, 1.54) is 23.8 Å². The molecule has 0 radical (unpaired) electrons. The molecular formula is C18H19F3N2O3. The van der Waals surface area contributed by atoms with Gasteiger partial charge in [-0.3, -0.25) is 4.79 Å². The Hall–Kier alpha value is -2.64. The normalized spacial score (nSPS) is 11.4. The molecular weight excluding hydrogens is 349 g/mol. The van der Waals surface area contributed by atoms with Crippen molar-refractivity contribution in [2.45, 2.75) is 38.9 Å². The number of halogens is 3. The van der Waals surface area contributed by atoms with Gasteiger partial charge in [0.15, 0.2) is 12.0 Å². The van der Waals surface area contributed by atoms with Gasteiger partial charge in [0, 0.05) is 13.0 Å². The molecule has 0 fully saturated rings. The van der Waals surface area contributed by atoms with Gasteiger partial charge >= 0.3 is 12.1 Å². The third kappa shape index (κ3) is 4.30. The van der Waals surface area contributed by atoms with Crippen LogP contribution in [0.1, 0.15) is 57.7 Å². The fourth-order valence-electron chi connectivity index (χ4n) is 2.59. The van der Waals surface area contributed by atoms with Crippen molar-refractivity contribution >= 4 is 12.3 Å². The van der Waals surface area contributed by atoms with E-state index in [4.69, 9.17) is 0 Å². The molecule has 1 aromatic carbocycles. The molecule has 5 nitrogen and oxygen atoms in total. The Kier molecular flexibility index (Phi) is 6.18. The molecule has 0 bridgehead atoms. The highest BCUT2D eigenvalue weighted by atomic mass is 19.4. The first-order valence-corrected chi connectivity index (χ1v) is 8.10. The topological polar surface area (TPSA) is 61.2 Å². The van der Waals surface area contributed by atoms with Crippen LogP contribution < -0.4 is 0 Å². The molecule has 0 atom stereocenters. The van der Waals surface area contributed by atoms with Crippen LogP contribution in [0.15, 0.2) is 24.3 Å². The van der Waals surface area contributed by atoms with E-state index in [1.807, 2.05) is 6.92 Å². The number of carbonyl (C=O) groups excluding carboxylic acids is 2. The molecule has 0 N–H and O–H groups in total. The van der Waals surface area contributed by atoms with E-state index in [0.29, 0.717) is 24.0 Å². The number of hydrogen-bond donors (Lipinski definition) is 0. The van der Waals surface area contributed by atoms with Crippen LogP contribution in [0.25, 0.3) is 0 Å². The molecule has 26 heavy (non-hydrogen) atoms. The SMILES string of the molecule is CCCCc1nc(C(F)(F)F)c(C=O)n1Cc1ccc(C(=O)OC)cc1. The van der Waals surface area contributed by atoms with Crippen LogP contribution >= 0.6 is 0 Å². The molecule has 140 valence electrons. The predicted octanol–water partition coefficient (Wildman–Crippen LogP) is 3.89. The second kappa shape index (κ2) is 8.16. The molecule has 0 aliphatic rings. The number of aromatic nitrogens is 2. The number of hydrogen-bond acceptors (Lipinski definition) is 4. The molecule has 0 saturated carbocycles. The lowest BCUT2D eigenvalue weighted by atomic mass is 10.1. The summed E-state index contributed by atoms with van der Waals surface area (Å²) in [7, 11) is 1.26. The van der Waals surface area contributed by atoms with Crippen molar-refractivity contribution in [2.75, 3.05) is 7.11 Å². The molecule has 0 saturated heterocycles. The standard InChI is InChI=1S/C18H19F3N2O3/c1-3-4-5-15-22-16(18(19,20)21)14(11-24)23(15)10-12-6-8-13(9-7-12)17(25)26-2/h6-9,11H,3-5,10H2,1-2H3. The van der Waals surface area contributed by atoms with Crippen LogP contribution in [0.2, 0.25) is 0 Å². The average Bonchev–Trinajstić information content (AvgIpc) is 2.97. The first-order valence-electron chi connectivity index (χ1n) is 8.10. The minimum atomic E-state index is -4.70. The lowest BCUT2D eigenvalue weighted by Gasteiger charge is -2.10. The van der Waals surface area contributed by atoms with E-state index in [2.05, 4.69) is 9.72 Å². The summed E-state index contributed by atoms with van der Waals surface area (Å²) in [6.45, 7) is 1.97. The van der Waals surface area contributed by atoms with Gasteiger partial charge < -0.3 is 9.30 Å². The summed E-state index contributed by atoms with van der Waals surface area (Å²) in [5.74, 6) is -0.283. The monoisotopic (exact) mass is 368 g/mol. The number of alkyl halides is 3. The van der Waals surface area contributed by atoms with Gasteiger partial charge in [0.1, 0.15) is 11.5 Å². The highest BCUT2D eigenvalue weighted by Crippen LogP contribution is 2.32. The van der Waals surface area contributed by atoms with Crippen molar-refractivity contribution in [3.05, 3.63) is 52.6 Å². The Bertz CT molecular complexity index is 780. The van der Waals surface area contributed by atoms with Gasteiger partial charge in [-0.15, -0.1) is 0 Å². The molecule has 8 heteroatoms. The molecule has 0 aliphatic heterocycles. The minimum absolute atomic E-state index is 0.0532. The molecule has 2 rings (SSSR count). The van der Waals surface area contributed by atoms with Crippen LogP contribution in [-0.2, 0) is 23.9 Å². The van der Waals surface area contributed by atoms with E-state index in [1.54, 1.807) is 12.1 Å². The number of aryl methyl sites for hydroxylation is 1. The third-order valence-electron chi connectivity index (χ3n) is 3.94. The highest BCUT2D eigenvalue weighted by Gasteiger charge is 2.38. The number of unbranched alkanes of at least 4 members (excludes halogenated alkanes) is 1. The molecule has 0 amide bonds. The molecule has 1 heterocycles. The Balaban J connectivity index is 2.41. The summed E-state index contributed by atoms with van der Waals surface area (Å²) in [6.07, 6.45) is -2.72. The van der Waals surface area contributed by atoms with E-state index >= 15 is 0 Å². The first kappa shape index (κ1) is 19.7. The quantitative estimate of drug-likeness (QED) is 0.549. The molecule has 0 aliphatic carbocycles. The summed E-state index contributed by atoms with van der Waals surface area (Å²) >= 11 is 0. The zero-order valence-corrected chi connectivity index (χ0v) is 14.5. The lowest BCUT2D eigenvalue weighted by molar-refractivity contribution is -0.141. The zero-order chi connectivity index (χ0) is 19.3. The number of imidazole rings is 1. The maximum Gasteiger partial charge on any atom is 0.435 e. The number of esters is 1. The Labute approximate surface area is 148 Å². The second-order valence-electron chi connectivity index (χ2n) is 5.76. The number of carbonyl (C=O) groups is 2. The molecule has 2 aromatic rings. The Morgan fingerprint density at radius 1 is 1.27 bits per heavy atom. The van der Waals surface area contributed by atoms with Gasteiger partial charge in [-0.25, -0.2) is 9.78 Å². The number of nitrogens with zero attached hydrogens (tertiary/aromatic N) is 2. The summed E-state index contributed by atoms with van der Waals surface area (Å²) < 4.78 is 45.5. The van der Waals surface area contributed by atoms with Gasteiger partial charge in [0.05, 0.1) is 12.7 Å². The predicted molar refractivity (Wildman–Crippen MR) is 88.1 cm³/mol. The van der Waals surface area contributed by atoms with Gasteiger partial charge in [-0.1, -0.05) is 25.5 Å². The van der Waals surface area contributed by atoms with Crippen LogP contribution in [-0.4, -0.2) is 28.9 Å². The van der Waals surface area contributed by atoms with Crippen LogP contribution in [0.3, 0.4) is 0 Å². The summed E-state index contributed by atoms with van der Waals surface area (Å²) in [4.78, 5) is 26.5. The van der Waals surface area contributed by atoms with Crippen molar-refractivity contribution in [2.24, 2.45) is 0 Å². The van der Waals surface area contributed by atoms with Crippen molar-refractivity contribution in [1.82, 2.24) is 9.55 Å². The maximum absolute atomic E-state index is 13.2. The van der Waals surface area contributed by atoms with E-state index in [-0.39, 0.29) is 18.7 Å². The van der Waals surface area contributed by atoms with E-state index < -0.39 is 23.5 Å². The Morgan fingerprint density at radius 3 is 2.42 bits per heavy atom. The largest absolute Gasteiger partial charge is 0.465 e. The van der Waals surface area contributed by atoms with Crippen molar-refractivity contribution in [3.63, 3.8) is 0 Å². The number of aldehydes is 1. The average molecular weight is 368 g/mol. The number of ether oxygens (including phenoxy) is 1. The summed E-state index contributed by atoms with van der Waals surface area (Å²) in [5, 5.41) is 0. The number of methoxy groups -OCH3 is 1. The molecule has 0 unspecified atom stereocenters. The smallest absolute Gasteiger partial charge is 0.435 e. The molecule has 0 spiro atoms. The van der Waals surface area contributed by atoms with Gasteiger partial charge in [-0.05, 0) is 24.1 Å². The van der Waals surface area contributed by atoms with Crippen LogP contribution in [0.4, 0.5) is 13.2 Å². The van der Waals surface area contributed by atoms with Gasteiger partial charge in [0.25, 0.3) is 0 Å². The fraction of sp³-hybridized carbons (Fsp3) is 0.389. The fourth-order valence-corrected chi connectivity index (χ4v) is 2.59. The zero-order valence-electron chi connectivity index (χ0n) is 14.5. The first-order chi connectivity index (χ1) is 12.3. The minimum Gasteiger partial charge on any atom is -0.465 e. The van der Waals surface area contributed by atoms with Crippen molar-refractivity contribution in [3.8, 4) is 0 Å². The summed E-state index contributed by atoms with van der Waals surface area (Å²) in [5.41, 5.74) is -0.672. The van der Waals surface area contributed by atoms with E-state index in [0.717, 1.165) is 6.42 Å². The van der Waals surface area contributed by atoms with Crippen LogP contribution in [0, 0.1) is 0 Å². The Morgan fingerprint density at radius 2 is 1.92 bits per heavy atom. The van der Waals surface area contributed by atoms with Gasteiger partial charge in [0.2, 0.25) is 0 Å². The maximum atomic E-state index is 13.2. The third-order valence-corrected chi connectivity index (χ3v) is 3.94. The highest BCUT2D eigenvalue weighted by molar-refractivity contribution is 5.89. The van der Waals surface area contributed by atoms with Gasteiger partial charge in [-0.2, -0.15) is 13.2 Å². The number of rotatable bonds is 7. The second-order valence-corrected chi connectivity index (χ2v) is 5.76. The molecule has 1 aromatic heterocycles. The lowest BCUT2D eigenvalue weighted by Crippen LogP contribution is -2.12. The number of benzene rings is 1. The van der Waals surface area contributed by atoms with Crippen LogP contribution in [0.5, 0.6) is 0 Å². The van der Waals surface area contributed by atoms with Crippen molar-refractivity contribution in [1.29, 1.82) is 0 Å². The van der Waals surface area contributed by atoms with Crippen molar-refractivity contribution < 1.29 is 27.5 Å². The summed E-state index contributed by atoms with van der Waals surface area (Å²) in [6, 6.07) is 6.26.